The molecule has 0 aliphatic heterocycles. The fourth-order valence-corrected chi connectivity index (χ4v) is 2.47. The molecule has 2 rings (SSSR count). The van der Waals surface area contributed by atoms with Gasteiger partial charge in [0.15, 0.2) is 0 Å². The van der Waals surface area contributed by atoms with Crippen LogP contribution in [0.1, 0.15) is 30.1 Å². The van der Waals surface area contributed by atoms with Gasteiger partial charge in [0.1, 0.15) is 6.10 Å². The zero-order valence-electron chi connectivity index (χ0n) is 10.1. The van der Waals surface area contributed by atoms with Crippen molar-refractivity contribution in [2.45, 2.75) is 26.5 Å². The number of aliphatic hydroxyl groups is 1. The van der Waals surface area contributed by atoms with Gasteiger partial charge in [0.05, 0.1) is 27.8 Å². The average Bonchev–Trinajstić information content (AvgIpc) is 2.82. The van der Waals surface area contributed by atoms with Gasteiger partial charge in [-0.05, 0) is 35.8 Å². The molecule has 0 saturated heterocycles. The lowest BCUT2D eigenvalue weighted by atomic mass is 10.2. The van der Waals surface area contributed by atoms with E-state index < -0.39 is 6.10 Å². The van der Waals surface area contributed by atoms with E-state index in [1.165, 1.54) is 0 Å². The number of aryl methyl sites for hydroxylation is 3. The topological polar surface area (TPSA) is 55.9 Å². The van der Waals surface area contributed by atoms with E-state index in [0.717, 1.165) is 28.1 Å². The summed E-state index contributed by atoms with van der Waals surface area (Å²) in [5, 5.41) is 18.9. The predicted molar refractivity (Wildman–Crippen MR) is 67.6 cm³/mol. The minimum absolute atomic E-state index is 0.724. The maximum Gasteiger partial charge on any atom is 0.138 e. The molecule has 17 heavy (non-hydrogen) atoms. The van der Waals surface area contributed by atoms with E-state index >= 15 is 0 Å². The molecular formula is C11H15BrN4O. The molecule has 5 nitrogen and oxygen atoms in total. The summed E-state index contributed by atoms with van der Waals surface area (Å²) in [5.74, 6) is 0. The molecule has 2 heterocycles. The van der Waals surface area contributed by atoms with Crippen LogP contribution in [0.2, 0.25) is 0 Å². The largest absolute Gasteiger partial charge is 0.380 e. The SMILES string of the molecule is CCn1nc(C)cc1C(O)c1c(Br)cnn1C. The highest BCUT2D eigenvalue weighted by atomic mass is 79.9. The fourth-order valence-electron chi connectivity index (χ4n) is 1.91. The van der Waals surface area contributed by atoms with Crippen molar-refractivity contribution in [3.63, 3.8) is 0 Å². The van der Waals surface area contributed by atoms with Crippen LogP contribution in [0.25, 0.3) is 0 Å². The summed E-state index contributed by atoms with van der Waals surface area (Å²) in [7, 11) is 1.81. The molecule has 0 aliphatic carbocycles. The van der Waals surface area contributed by atoms with Crippen molar-refractivity contribution < 1.29 is 5.11 Å². The molecule has 1 N–H and O–H groups in total. The maximum atomic E-state index is 10.4. The second-order valence-electron chi connectivity index (χ2n) is 3.93. The monoisotopic (exact) mass is 298 g/mol. The molecule has 0 saturated carbocycles. The lowest BCUT2D eigenvalue weighted by Crippen LogP contribution is -2.12. The summed E-state index contributed by atoms with van der Waals surface area (Å²) in [6.45, 7) is 4.65. The summed E-state index contributed by atoms with van der Waals surface area (Å²) in [6.07, 6.45) is 0.955. The molecule has 0 spiro atoms. The minimum Gasteiger partial charge on any atom is -0.380 e. The van der Waals surface area contributed by atoms with Crippen LogP contribution in [0.4, 0.5) is 0 Å². The number of nitrogens with zero attached hydrogens (tertiary/aromatic N) is 4. The Balaban J connectivity index is 2.46. The molecule has 0 radical (unpaired) electrons. The van der Waals surface area contributed by atoms with Crippen molar-refractivity contribution in [2.24, 2.45) is 7.05 Å². The van der Waals surface area contributed by atoms with Crippen molar-refractivity contribution in [1.29, 1.82) is 0 Å². The maximum absolute atomic E-state index is 10.4. The number of aromatic nitrogens is 4. The molecule has 1 unspecified atom stereocenters. The first-order valence-corrected chi connectivity index (χ1v) is 6.23. The first kappa shape index (κ1) is 12.3. The third kappa shape index (κ3) is 2.14. The van der Waals surface area contributed by atoms with Crippen LogP contribution < -0.4 is 0 Å². The average molecular weight is 299 g/mol. The molecule has 6 heteroatoms. The van der Waals surface area contributed by atoms with E-state index in [1.807, 2.05) is 27.0 Å². The van der Waals surface area contributed by atoms with Gasteiger partial charge in [0.25, 0.3) is 0 Å². The van der Waals surface area contributed by atoms with Crippen molar-refractivity contribution in [3.05, 3.63) is 33.8 Å². The van der Waals surface area contributed by atoms with Crippen LogP contribution in [-0.4, -0.2) is 24.7 Å². The zero-order chi connectivity index (χ0) is 12.6. The summed E-state index contributed by atoms with van der Waals surface area (Å²) in [6, 6.07) is 1.90. The van der Waals surface area contributed by atoms with E-state index in [0.29, 0.717) is 0 Å². The summed E-state index contributed by atoms with van der Waals surface area (Å²) >= 11 is 3.40. The Labute approximate surface area is 108 Å². The van der Waals surface area contributed by atoms with Crippen molar-refractivity contribution in [3.8, 4) is 0 Å². The lowest BCUT2D eigenvalue weighted by Gasteiger charge is -2.13. The standard InChI is InChI=1S/C11H15BrN4O/c1-4-16-9(5-7(2)14-16)11(17)10-8(12)6-13-15(10)3/h5-6,11,17H,4H2,1-3H3. The van der Waals surface area contributed by atoms with Crippen molar-refractivity contribution in [2.75, 3.05) is 0 Å². The van der Waals surface area contributed by atoms with Crippen LogP contribution in [-0.2, 0) is 13.6 Å². The van der Waals surface area contributed by atoms with Gasteiger partial charge in [-0.1, -0.05) is 0 Å². The smallest absolute Gasteiger partial charge is 0.138 e. The number of hydrogen-bond acceptors (Lipinski definition) is 3. The molecule has 0 aliphatic rings. The molecule has 0 amide bonds. The Morgan fingerprint density at radius 3 is 2.76 bits per heavy atom. The molecule has 0 fully saturated rings. The molecule has 0 aromatic carbocycles. The normalized spacial score (nSPS) is 13.0. The zero-order valence-corrected chi connectivity index (χ0v) is 11.6. The Bertz CT molecular complexity index is 512. The van der Waals surface area contributed by atoms with Gasteiger partial charge in [-0.15, -0.1) is 0 Å². The summed E-state index contributed by atoms with van der Waals surface area (Å²) in [5.41, 5.74) is 2.42. The molecular weight excluding hydrogens is 284 g/mol. The van der Waals surface area contributed by atoms with E-state index in [-0.39, 0.29) is 0 Å². The molecule has 1 atom stereocenters. The van der Waals surface area contributed by atoms with Crippen LogP contribution >= 0.6 is 15.9 Å². The third-order valence-electron chi connectivity index (χ3n) is 2.71. The van der Waals surface area contributed by atoms with Gasteiger partial charge in [0.2, 0.25) is 0 Å². The summed E-state index contributed by atoms with van der Waals surface area (Å²) in [4.78, 5) is 0. The Morgan fingerprint density at radius 1 is 1.53 bits per heavy atom. The van der Waals surface area contributed by atoms with Crippen LogP contribution in [0.3, 0.4) is 0 Å². The number of hydrogen-bond donors (Lipinski definition) is 1. The number of aliphatic hydroxyl groups excluding tert-OH is 1. The van der Waals surface area contributed by atoms with Gasteiger partial charge < -0.3 is 5.11 Å². The molecule has 0 bridgehead atoms. The molecule has 2 aromatic heterocycles. The van der Waals surface area contributed by atoms with Crippen LogP contribution in [0.15, 0.2) is 16.7 Å². The predicted octanol–water partition coefficient (Wildman–Crippen LogP) is 1.79. The minimum atomic E-state index is -0.724. The van der Waals surface area contributed by atoms with Crippen LogP contribution in [0, 0.1) is 6.92 Å². The highest BCUT2D eigenvalue weighted by molar-refractivity contribution is 9.10. The quantitative estimate of drug-likeness (QED) is 0.940. The lowest BCUT2D eigenvalue weighted by molar-refractivity contribution is 0.197. The first-order chi connectivity index (χ1) is 8.04. The van der Waals surface area contributed by atoms with Gasteiger partial charge in [-0.2, -0.15) is 10.2 Å². The number of rotatable bonds is 3. The van der Waals surface area contributed by atoms with Gasteiger partial charge in [-0.3, -0.25) is 9.36 Å². The summed E-state index contributed by atoms with van der Waals surface area (Å²) < 4.78 is 4.27. The van der Waals surface area contributed by atoms with E-state index in [1.54, 1.807) is 15.6 Å². The first-order valence-electron chi connectivity index (χ1n) is 5.44. The van der Waals surface area contributed by atoms with E-state index in [9.17, 15) is 5.11 Å². The molecule has 2 aromatic rings. The third-order valence-corrected chi connectivity index (χ3v) is 3.32. The second-order valence-corrected chi connectivity index (χ2v) is 4.78. The van der Waals surface area contributed by atoms with Gasteiger partial charge in [0, 0.05) is 13.6 Å². The number of halogens is 1. The van der Waals surface area contributed by atoms with Crippen molar-refractivity contribution in [1.82, 2.24) is 19.6 Å². The van der Waals surface area contributed by atoms with Gasteiger partial charge in [-0.25, -0.2) is 0 Å². The van der Waals surface area contributed by atoms with Crippen LogP contribution in [0.5, 0.6) is 0 Å². The van der Waals surface area contributed by atoms with Gasteiger partial charge >= 0.3 is 0 Å². The fraction of sp³-hybridized carbons (Fsp3) is 0.455. The molecule has 92 valence electrons. The Hall–Kier alpha value is -1.14. The Morgan fingerprint density at radius 2 is 2.24 bits per heavy atom. The van der Waals surface area contributed by atoms with E-state index in [2.05, 4.69) is 26.1 Å². The second kappa shape index (κ2) is 4.62. The Kier molecular flexibility index (Phi) is 3.35. The van der Waals surface area contributed by atoms with E-state index in [4.69, 9.17) is 0 Å². The highest BCUT2D eigenvalue weighted by Gasteiger charge is 2.21. The van der Waals surface area contributed by atoms with Crippen molar-refractivity contribution >= 4 is 15.9 Å². The highest BCUT2D eigenvalue weighted by Crippen LogP contribution is 2.28.